The second-order valence-electron chi connectivity index (χ2n) is 9.82. The number of ether oxygens (including phenoxy) is 2. The van der Waals surface area contributed by atoms with E-state index >= 15 is 0 Å². The summed E-state index contributed by atoms with van der Waals surface area (Å²) in [6.07, 6.45) is 6.76. The van der Waals surface area contributed by atoms with E-state index in [0.717, 1.165) is 19.3 Å². The van der Waals surface area contributed by atoms with Crippen molar-refractivity contribution in [2.75, 3.05) is 6.61 Å². The van der Waals surface area contributed by atoms with Crippen LogP contribution >= 0.6 is 0 Å². The summed E-state index contributed by atoms with van der Waals surface area (Å²) in [5.41, 5.74) is 1.96. The van der Waals surface area contributed by atoms with Crippen molar-refractivity contribution in [2.45, 2.75) is 84.1 Å². The summed E-state index contributed by atoms with van der Waals surface area (Å²) < 4.78 is 11.2. The molecule has 5 heteroatoms. The predicted octanol–water partition coefficient (Wildman–Crippen LogP) is 3.91. The highest BCUT2D eigenvalue weighted by Gasteiger charge is 2.40. The maximum atomic E-state index is 10.1. The summed E-state index contributed by atoms with van der Waals surface area (Å²) in [6.45, 7) is 18.5. The van der Waals surface area contributed by atoms with E-state index in [-0.39, 0.29) is 12.0 Å². The molecule has 2 rings (SSSR count). The van der Waals surface area contributed by atoms with E-state index in [0.29, 0.717) is 11.8 Å². The van der Waals surface area contributed by atoms with Gasteiger partial charge in [-0.25, -0.2) is 0 Å². The Kier molecular flexibility index (Phi) is 8.28. The fraction of sp³-hybridized carbons (Fsp3) is 0.680. The molecule has 0 amide bonds. The standard InChI is InChI=1S/C25H40O5/c1-8-25(7)13-11-18(14-19(25)16(2)3)17(4)10-9-12-24(5,6)30-23-22(28)21(27)20(26)15-29-23/h8-10,12,18-23,26-28H,1-2,11,13-15H2,3-7H3/b12-9+,17-10+/t18-,19+,20+,21+,22-,23+,25-/m0/s1. The molecule has 2 aliphatic rings. The van der Waals surface area contributed by atoms with Crippen molar-refractivity contribution < 1.29 is 24.8 Å². The quantitative estimate of drug-likeness (QED) is 0.430. The first kappa shape index (κ1) is 25.0. The van der Waals surface area contributed by atoms with Crippen molar-refractivity contribution in [1.82, 2.24) is 0 Å². The van der Waals surface area contributed by atoms with Crippen LogP contribution in [0.3, 0.4) is 0 Å². The van der Waals surface area contributed by atoms with Gasteiger partial charge in [-0.3, -0.25) is 0 Å². The molecule has 0 aromatic rings. The first-order valence-electron chi connectivity index (χ1n) is 10.9. The van der Waals surface area contributed by atoms with Crippen molar-refractivity contribution in [3.8, 4) is 0 Å². The van der Waals surface area contributed by atoms with Crippen LogP contribution in [0.25, 0.3) is 0 Å². The van der Waals surface area contributed by atoms with Crippen LogP contribution in [0.15, 0.2) is 48.6 Å². The normalized spacial score (nSPS) is 38.6. The summed E-state index contributed by atoms with van der Waals surface area (Å²) >= 11 is 0. The van der Waals surface area contributed by atoms with E-state index in [1.54, 1.807) is 0 Å². The van der Waals surface area contributed by atoms with Gasteiger partial charge in [0.05, 0.1) is 12.2 Å². The summed E-state index contributed by atoms with van der Waals surface area (Å²) in [5.74, 6) is 0.945. The van der Waals surface area contributed by atoms with Gasteiger partial charge in [0.1, 0.15) is 18.3 Å². The molecule has 30 heavy (non-hydrogen) atoms. The van der Waals surface area contributed by atoms with Gasteiger partial charge in [0.15, 0.2) is 6.29 Å². The molecule has 2 fully saturated rings. The van der Waals surface area contributed by atoms with Crippen molar-refractivity contribution >= 4 is 0 Å². The van der Waals surface area contributed by atoms with Gasteiger partial charge in [-0.15, -0.1) is 6.58 Å². The summed E-state index contributed by atoms with van der Waals surface area (Å²) in [4.78, 5) is 0. The van der Waals surface area contributed by atoms with Crippen LogP contribution in [0.2, 0.25) is 0 Å². The van der Waals surface area contributed by atoms with Crippen LogP contribution in [-0.4, -0.2) is 52.1 Å². The lowest BCUT2D eigenvalue weighted by Gasteiger charge is -2.43. The van der Waals surface area contributed by atoms with Gasteiger partial charge in [-0.05, 0) is 64.2 Å². The summed E-state index contributed by atoms with van der Waals surface area (Å²) in [5, 5.41) is 29.5. The molecule has 0 aromatic carbocycles. The number of hydrogen-bond donors (Lipinski definition) is 3. The highest BCUT2D eigenvalue weighted by Crippen LogP contribution is 2.48. The van der Waals surface area contributed by atoms with Crippen molar-refractivity contribution in [2.24, 2.45) is 17.3 Å². The van der Waals surface area contributed by atoms with Gasteiger partial charge in [0.2, 0.25) is 0 Å². The Morgan fingerprint density at radius 3 is 2.47 bits per heavy atom. The Bertz CT molecular complexity index is 679. The zero-order chi connectivity index (χ0) is 22.7. The number of aliphatic hydroxyl groups is 3. The molecule has 1 saturated heterocycles. The van der Waals surface area contributed by atoms with E-state index in [2.05, 4.69) is 46.1 Å². The van der Waals surface area contributed by atoms with Crippen molar-refractivity contribution in [3.05, 3.63) is 48.6 Å². The molecular formula is C25H40O5. The fourth-order valence-electron chi connectivity index (χ4n) is 4.54. The molecule has 0 radical (unpaired) electrons. The second kappa shape index (κ2) is 9.92. The van der Waals surface area contributed by atoms with Crippen LogP contribution in [0.1, 0.15) is 53.9 Å². The third-order valence-corrected chi connectivity index (χ3v) is 6.78. The maximum Gasteiger partial charge on any atom is 0.187 e. The number of aliphatic hydroxyl groups excluding tert-OH is 3. The molecule has 1 heterocycles. The highest BCUT2D eigenvalue weighted by atomic mass is 16.7. The Labute approximate surface area is 181 Å². The maximum absolute atomic E-state index is 10.1. The third-order valence-electron chi connectivity index (χ3n) is 6.78. The Hall–Kier alpha value is -1.24. The van der Waals surface area contributed by atoms with Crippen LogP contribution in [0, 0.1) is 17.3 Å². The lowest BCUT2D eigenvalue weighted by atomic mass is 9.61. The van der Waals surface area contributed by atoms with Crippen LogP contribution in [-0.2, 0) is 9.47 Å². The van der Waals surface area contributed by atoms with Crippen LogP contribution < -0.4 is 0 Å². The second-order valence-corrected chi connectivity index (χ2v) is 9.82. The van der Waals surface area contributed by atoms with Gasteiger partial charge < -0.3 is 24.8 Å². The Morgan fingerprint density at radius 2 is 1.87 bits per heavy atom. The number of allylic oxidation sites excluding steroid dienone is 5. The highest BCUT2D eigenvalue weighted by molar-refractivity contribution is 5.20. The van der Waals surface area contributed by atoms with Gasteiger partial charge >= 0.3 is 0 Å². The molecule has 0 bridgehead atoms. The Morgan fingerprint density at radius 1 is 1.20 bits per heavy atom. The zero-order valence-electron chi connectivity index (χ0n) is 19.2. The molecule has 3 N–H and O–H groups in total. The van der Waals surface area contributed by atoms with Crippen molar-refractivity contribution in [3.63, 3.8) is 0 Å². The smallest absolute Gasteiger partial charge is 0.187 e. The lowest BCUT2D eigenvalue weighted by Crippen LogP contribution is -2.55. The van der Waals surface area contributed by atoms with Crippen molar-refractivity contribution in [1.29, 1.82) is 0 Å². The lowest BCUT2D eigenvalue weighted by molar-refractivity contribution is -0.289. The van der Waals surface area contributed by atoms with E-state index in [1.807, 2.05) is 26.0 Å². The van der Waals surface area contributed by atoms with Crippen LogP contribution in [0.5, 0.6) is 0 Å². The molecule has 1 aliphatic carbocycles. The SMILES string of the molecule is C=C[C@@]1(C)CC[C@H](/C(C)=C/C=C/C(C)(C)O[C@H]2OC[C@@H](O)[C@@H](O)[C@@H]2O)C[C@@H]1C(=C)C. The van der Waals surface area contributed by atoms with Crippen LogP contribution in [0.4, 0.5) is 0 Å². The molecular weight excluding hydrogens is 380 g/mol. The van der Waals surface area contributed by atoms with E-state index in [9.17, 15) is 15.3 Å². The minimum atomic E-state index is -1.29. The summed E-state index contributed by atoms with van der Waals surface area (Å²) in [7, 11) is 0. The zero-order valence-corrected chi connectivity index (χ0v) is 19.2. The van der Waals surface area contributed by atoms with E-state index in [1.165, 1.54) is 11.1 Å². The number of rotatable bonds is 7. The molecule has 0 spiro atoms. The van der Waals surface area contributed by atoms with E-state index < -0.39 is 30.2 Å². The van der Waals surface area contributed by atoms with Gasteiger partial charge in [0, 0.05) is 0 Å². The molecule has 1 aliphatic heterocycles. The van der Waals surface area contributed by atoms with Gasteiger partial charge in [0.25, 0.3) is 0 Å². The number of hydrogen-bond acceptors (Lipinski definition) is 5. The molecule has 170 valence electrons. The third kappa shape index (κ3) is 5.92. The molecule has 0 unspecified atom stereocenters. The molecule has 1 saturated carbocycles. The van der Waals surface area contributed by atoms with Gasteiger partial charge in [-0.1, -0.05) is 49.0 Å². The first-order chi connectivity index (χ1) is 13.9. The predicted molar refractivity (Wildman–Crippen MR) is 120 cm³/mol. The fourth-order valence-corrected chi connectivity index (χ4v) is 4.54. The average Bonchev–Trinajstić information content (AvgIpc) is 2.68. The topological polar surface area (TPSA) is 79.2 Å². The largest absolute Gasteiger partial charge is 0.388 e. The summed E-state index contributed by atoms with van der Waals surface area (Å²) in [6, 6.07) is 0. The molecule has 5 nitrogen and oxygen atoms in total. The Balaban J connectivity index is 2.00. The van der Waals surface area contributed by atoms with Gasteiger partial charge in [-0.2, -0.15) is 0 Å². The average molecular weight is 421 g/mol. The molecule has 0 aromatic heterocycles. The minimum Gasteiger partial charge on any atom is -0.388 e. The minimum absolute atomic E-state index is 0.0725. The van der Waals surface area contributed by atoms with E-state index in [4.69, 9.17) is 9.47 Å². The monoisotopic (exact) mass is 420 g/mol. The molecule has 7 atom stereocenters. The first-order valence-corrected chi connectivity index (χ1v) is 10.9.